The van der Waals surface area contributed by atoms with Crippen molar-refractivity contribution in [2.75, 3.05) is 0 Å². The third-order valence-corrected chi connectivity index (χ3v) is 4.18. The molecule has 2 aromatic carbocycles. The standard InChI is InChI=1S/C18H17BrN2O4/c1-11(22)25-14-8-6-12(7-9-14)18(24)21-16(17(20)23)10-13-4-2-3-5-15(13)19/h2-9,16H,10H2,1H3,(H2,20,23)(H,21,24)/t16-/m1/s1. The zero-order chi connectivity index (χ0) is 18.4. The minimum absolute atomic E-state index is 0.272. The van der Waals surface area contributed by atoms with Gasteiger partial charge in [-0.1, -0.05) is 34.1 Å². The van der Waals surface area contributed by atoms with Crippen molar-refractivity contribution in [1.29, 1.82) is 0 Å². The molecule has 0 heterocycles. The average Bonchev–Trinajstić information content (AvgIpc) is 2.56. The second-order valence-corrected chi connectivity index (χ2v) is 6.20. The first-order valence-corrected chi connectivity index (χ1v) is 8.28. The van der Waals surface area contributed by atoms with E-state index in [2.05, 4.69) is 21.2 Å². The fourth-order valence-corrected chi connectivity index (χ4v) is 2.64. The molecule has 0 spiro atoms. The summed E-state index contributed by atoms with van der Waals surface area (Å²) in [6, 6.07) is 12.6. The van der Waals surface area contributed by atoms with Crippen LogP contribution in [0.4, 0.5) is 0 Å². The predicted molar refractivity (Wildman–Crippen MR) is 96.0 cm³/mol. The van der Waals surface area contributed by atoms with Crippen LogP contribution in [-0.4, -0.2) is 23.8 Å². The highest BCUT2D eigenvalue weighted by Crippen LogP contribution is 2.18. The summed E-state index contributed by atoms with van der Waals surface area (Å²) in [5, 5.41) is 2.63. The van der Waals surface area contributed by atoms with Gasteiger partial charge in [-0.25, -0.2) is 0 Å². The fourth-order valence-electron chi connectivity index (χ4n) is 2.19. The van der Waals surface area contributed by atoms with Crippen LogP contribution in [0.5, 0.6) is 5.75 Å². The van der Waals surface area contributed by atoms with Gasteiger partial charge < -0.3 is 15.8 Å². The Balaban J connectivity index is 2.08. The summed E-state index contributed by atoms with van der Waals surface area (Å²) in [6.07, 6.45) is 0.272. The molecule has 0 aliphatic carbocycles. The van der Waals surface area contributed by atoms with E-state index < -0.39 is 23.8 Å². The molecule has 0 unspecified atom stereocenters. The summed E-state index contributed by atoms with van der Waals surface area (Å²) in [4.78, 5) is 34.9. The normalized spacial score (nSPS) is 11.4. The largest absolute Gasteiger partial charge is 0.427 e. The van der Waals surface area contributed by atoms with Crippen LogP contribution < -0.4 is 15.8 Å². The van der Waals surface area contributed by atoms with E-state index in [0.717, 1.165) is 10.0 Å². The van der Waals surface area contributed by atoms with Crippen molar-refractivity contribution in [3.05, 3.63) is 64.1 Å². The number of primary amides is 1. The zero-order valence-corrected chi connectivity index (χ0v) is 15.1. The Labute approximate surface area is 153 Å². The number of hydrogen-bond acceptors (Lipinski definition) is 4. The Hall–Kier alpha value is -2.67. The molecule has 2 amide bonds. The van der Waals surface area contributed by atoms with Crippen molar-refractivity contribution in [1.82, 2.24) is 5.32 Å². The minimum atomic E-state index is -0.848. The van der Waals surface area contributed by atoms with Crippen molar-refractivity contribution < 1.29 is 19.1 Å². The van der Waals surface area contributed by atoms with Crippen molar-refractivity contribution in [3.63, 3.8) is 0 Å². The molecule has 2 aromatic rings. The highest BCUT2D eigenvalue weighted by Gasteiger charge is 2.20. The maximum absolute atomic E-state index is 12.3. The third-order valence-electron chi connectivity index (χ3n) is 3.41. The van der Waals surface area contributed by atoms with Gasteiger partial charge in [0.1, 0.15) is 11.8 Å². The molecular formula is C18H17BrN2O4. The van der Waals surface area contributed by atoms with Gasteiger partial charge in [0.15, 0.2) is 0 Å². The molecule has 2 rings (SSSR count). The van der Waals surface area contributed by atoms with Gasteiger partial charge in [-0.15, -0.1) is 0 Å². The van der Waals surface area contributed by atoms with Gasteiger partial charge in [0, 0.05) is 23.4 Å². The van der Waals surface area contributed by atoms with Crippen LogP contribution in [0, 0.1) is 0 Å². The molecule has 0 bridgehead atoms. The monoisotopic (exact) mass is 404 g/mol. The number of nitrogens with one attached hydrogen (secondary N) is 1. The quantitative estimate of drug-likeness (QED) is 0.569. The number of hydrogen-bond donors (Lipinski definition) is 2. The minimum Gasteiger partial charge on any atom is -0.427 e. The molecule has 0 radical (unpaired) electrons. The SMILES string of the molecule is CC(=O)Oc1ccc(C(=O)N[C@H](Cc2ccccc2Br)C(N)=O)cc1. The van der Waals surface area contributed by atoms with E-state index in [1.807, 2.05) is 24.3 Å². The van der Waals surface area contributed by atoms with Gasteiger partial charge in [-0.3, -0.25) is 14.4 Å². The van der Waals surface area contributed by atoms with Gasteiger partial charge in [-0.2, -0.15) is 0 Å². The molecule has 3 N–H and O–H groups in total. The number of nitrogens with two attached hydrogens (primary N) is 1. The highest BCUT2D eigenvalue weighted by atomic mass is 79.9. The number of carbonyl (C=O) groups excluding carboxylic acids is 3. The van der Waals surface area contributed by atoms with Gasteiger partial charge in [0.05, 0.1) is 0 Å². The van der Waals surface area contributed by atoms with Crippen LogP contribution in [0.2, 0.25) is 0 Å². The zero-order valence-electron chi connectivity index (χ0n) is 13.5. The Morgan fingerprint density at radius 3 is 2.32 bits per heavy atom. The first-order chi connectivity index (χ1) is 11.9. The second-order valence-electron chi connectivity index (χ2n) is 5.34. The summed E-state index contributed by atoms with van der Waals surface area (Å²) >= 11 is 3.41. The van der Waals surface area contributed by atoms with E-state index in [4.69, 9.17) is 10.5 Å². The molecule has 130 valence electrons. The van der Waals surface area contributed by atoms with Crippen LogP contribution in [0.15, 0.2) is 53.0 Å². The molecule has 0 aliphatic rings. The molecule has 25 heavy (non-hydrogen) atoms. The summed E-state index contributed by atoms with van der Waals surface area (Å²) in [5.41, 5.74) is 6.60. The summed E-state index contributed by atoms with van der Waals surface area (Å²) < 4.78 is 5.74. The summed E-state index contributed by atoms with van der Waals surface area (Å²) in [6.45, 7) is 1.29. The first kappa shape index (κ1) is 18.7. The van der Waals surface area contributed by atoms with E-state index in [1.54, 1.807) is 0 Å². The number of rotatable bonds is 6. The number of carbonyl (C=O) groups is 3. The number of esters is 1. The second kappa shape index (κ2) is 8.43. The number of amides is 2. The van der Waals surface area contributed by atoms with Gasteiger partial charge in [-0.05, 0) is 35.9 Å². The van der Waals surface area contributed by atoms with Crippen LogP contribution in [0.3, 0.4) is 0 Å². The van der Waals surface area contributed by atoms with Crippen molar-refractivity contribution in [2.24, 2.45) is 5.73 Å². The van der Waals surface area contributed by atoms with Gasteiger partial charge in [0.25, 0.3) is 5.91 Å². The lowest BCUT2D eigenvalue weighted by Gasteiger charge is -2.16. The Kier molecular flexibility index (Phi) is 6.30. The van der Waals surface area contributed by atoms with E-state index >= 15 is 0 Å². The molecule has 0 fully saturated rings. The lowest BCUT2D eigenvalue weighted by atomic mass is 10.0. The van der Waals surface area contributed by atoms with Crippen LogP contribution >= 0.6 is 15.9 Å². The first-order valence-electron chi connectivity index (χ1n) is 7.49. The maximum Gasteiger partial charge on any atom is 0.308 e. The van der Waals surface area contributed by atoms with Crippen molar-refractivity contribution in [3.8, 4) is 5.75 Å². The third kappa shape index (κ3) is 5.42. The highest BCUT2D eigenvalue weighted by molar-refractivity contribution is 9.10. The maximum atomic E-state index is 12.3. The summed E-state index contributed by atoms with van der Waals surface area (Å²) in [7, 11) is 0. The Morgan fingerprint density at radius 1 is 1.12 bits per heavy atom. The molecular weight excluding hydrogens is 388 g/mol. The Bertz CT molecular complexity index is 790. The predicted octanol–water partition coefficient (Wildman–Crippen LogP) is 2.20. The van der Waals surface area contributed by atoms with Gasteiger partial charge in [0.2, 0.25) is 5.91 Å². The van der Waals surface area contributed by atoms with E-state index in [9.17, 15) is 14.4 Å². The van der Waals surface area contributed by atoms with Crippen LogP contribution in [0.25, 0.3) is 0 Å². The summed E-state index contributed by atoms with van der Waals surface area (Å²) in [5.74, 6) is -1.17. The van der Waals surface area contributed by atoms with Crippen molar-refractivity contribution in [2.45, 2.75) is 19.4 Å². The van der Waals surface area contributed by atoms with Crippen molar-refractivity contribution >= 4 is 33.7 Å². The lowest BCUT2D eigenvalue weighted by Crippen LogP contribution is -2.45. The topological polar surface area (TPSA) is 98.5 Å². The molecule has 0 saturated heterocycles. The average molecular weight is 405 g/mol. The number of benzene rings is 2. The molecule has 0 aliphatic heterocycles. The number of ether oxygens (including phenoxy) is 1. The lowest BCUT2D eigenvalue weighted by molar-refractivity contribution is -0.131. The molecule has 0 aromatic heterocycles. The fraction of sp³-hybridized carbons (Fsp3) is 0.167. The molecule has 1 atom stereocenters. The van der Waals surface area contributed by atoms with E-state index in [-0.39, 0.29) is 6.42 Å². The van der Waals surface area contributed by atoms with Crippen LogP contribution in [-0.2, 0) is 16.0 Å². The smallest absolute Gasteiger partial charge is 0.308 e. The van der Waals surface area contributed by atoms with E-state index in [1.165, 1.54) is 31.2 Å². The van der Waals surface area contributed by atoms with Gasteiger partial charge >= 0.3 is 5.97 Å². The number of halogens is 1. The molecule has 0 saturated carbocycles. The Morgan fingerprint density at radius 2 is 1.76 bits per heavy atom. The molecule has 7 heteroatoms. The van der Waals surface area contributed by atoms with Crippen LogP contribution in [0.1, 0.15) is 22.8 Å². The molecule has 6 nitrogen and oxygen atoms in total. The van der Waals surface area contributed by atoms with E-state index in [0.29, 0.717) is 11.3 Å².